The summed E-state index contributed by atoms with van der Waals surface area (Å²) in [4.78, 5) is 16.3. The Balaban J connectivity index is 2.79. The summed E-state index contributed by atoms with van der Waals surface area (Å²) in [6, 6.07) is 7.09. The van der Waals surface area contributed by atoms with Crippen molar-refractivity contribution >= 4 is 23.5 Å². The van der Waals surface area contributed by atoms with Crippen molar-refractivity contribution < 1.29 is 9.53 Å². The molecule has 0 bridgehead atoms. The first kappa shape index (κ1) is 15.5. The van der Waals surface area contributed by atoms with E-state index in [1.807, 2.05) is 20.8 Å². The Morgan fingerprint density at radius 3 is 2.68 bits per heavy atom. The van der Waals surface area contributed by atoms with Crippen molar-refractivity contribution in [2.24, 2.45) is 4.99 Å². The van der Waals surface area contributed by atoms with E-state index in [4.69, 9.17) is 16.3 Å². The van der Waals surface area contributed by atoms with Crippen LogP contribution in [0.1, 0.15) is 37.6 Å². The Labute approximate surface area is 118 Å². The van der Waals surface area contributed by atoms with E-state index in [2.05, 4.69) is 10.3 Å². The van der Waals surface area contributed by atoms with Crippen LogP contribution in [0.3, 0.4) is 0 Å². The van der Waals surface area contributed by atoms with Gasteiger partial charge in [0.05, 0.1) is 16.7 Å². The van der Waals surface area contributed by atoms with Crippen LogP contribution in [-0.4, -0.2) is 24.6 Å². The third kappa shape index (κ3) is 5.30. The van der Waals surface area contributed by atoms with E-state index in [1.165, 1.54) is 0 Å². The number of carbonyl (C=O) groups excluding carboxylic acids is 1. The van der Waals surface area contributed by atoms with Gasteiger partial charge in [-0.1, -0.05) is 30.7 Å². The average molecular weight is 283 g/mol. The molecular formula is C14H19ClN2O2. The lowest BCUT2D eigenvalue weighted by Crippen LogP contribution is -2.34. The van der Waals surface area contributed by atoms with Gasteiger partial charge in [0.2, 0.25) is 0 Å². The largest absolute Gasteiger partial charge is 0.462 e. The summed E-state index contributed by atoms with van der Waals surface area (Å²) in [5.74, 6) is -0.318. The summed E-state index contributed by atoms with van der Waals surface area (Å²) >= 11 is 5.97. The first-order valence-corrected chi connectivity index (χ1v) is 6.69. The van der Waals surface area contributed by atoms with Crippen molar-refractivity contribution in [3.8, 4) is 0 Å². The van der Waals surface area contributed by atoms with Crippen molar-refractivity contribution in [3.63, 3.8) is 0 Å². The maximum atomic E-state index is 12.1. The second-order valence-corrected chi connectivity index (χ2v) is 4.69. The Morgan fingerprint density at radius 1 is 1.42 bits per heavy atom. The molecule has 0 aromatic heterocycles. The van der Waals surface area contributed by atoms with Crippen molar-refractivity contribution in [3.05, 3.63) is 34.9 Å². The minimum atomic E-state index is -0.318. The van der Waals surface area contributed by atoms with Gasteiger partial charge < -0.3 is 4.74 Å². The molecule has 4 nitrogen and oxygen atoms in total. The molecule has 0 saturated heterocycles. The highest BCUT2D eigenvalue weighted by atomic mass is 35.5. The molecule has 1 amide bonds. The van der Waals surface area contributed by atoms with Crippen LogP contribution < -0.4 is 5.32 Å². The smallest absolute Gasteiger partial charge is 0.291 e. The van der Waals surface area contributed by atoms with Gasteiger partial charge in [-0.3, -0.25) is 10.1 Å². The third-order valence-corrected chi connectivity index (χ3v) is 2.49. The zero-order valence-electron chi connectivity index (χ0n) is 11.4. The van der Waals surface area contributed by atoms with E-state index in [1.54, 1.807) is 24.3 Å². The highest BCUT2D eigenvalue weighted by Crippen LogP contribution is 2.14. The maximum Gasteiger partial charge on any atom is 0.291 e. The minimum absolute atomic E-state index is 0.0536. The Hall–Kier alpha value is -1.55. The number of nitrogens with zero attached hydrogens (tertiary/aromatic N) is 1. The predicted octanol–water partition coefficient (Wildman–Crippen LogP) is 3.26. The van der Waals surface area contributed by atoms with Crippen LogP contribution in [0, 0.1) is 0 Å². The minimum Gasteiger partial charge on any atom is -0.462 e. The molecule has 0 spiro atoms. The number of ether oxygens (including phenoxy) is 1. The Bertz CT molecular complexity index is 459. The number of nitrogens with one attached hydrogen (secondary N) is 1. The van der Waals surface area contributed by atoms with Gasteiger partial charge in [-0.25, -0.2) is 4.99 Å². The molecule has 0 atom stereocenters. The van der Waals surface area contributed by atoms with Gasteiger partial charge in [-0.2, -0.15) is 0 Å². The topological polar surface area (TPSA) is 50.7 Å². The van der Waals surface area contributed by atoms with E-state index in [0.717, 1.165) is 6.42 Å². The van der Waals surface area contributed by atoms with E-state index in [0.29, 0.717) is 17.1 Å². The number of amides is 1. The van der Waals surface area contributed by atoms with Gasteiger partial charge in [-0.05, 0) is 32.4 Å². The highest BCUT2D eigenvalue weighted by Gasteiger charge is 2.13. The van der Waals surface area contributed by atoms with Crippen LogP contribution in [0.25, 0.3) is 0 Å². The molecule has 0 radical (unpaired) electrons. The molecule has 19 heavy (non-hydrogen) atoms. The molecule has 0 aliphatic carbocycles. The molecule has 104 valence electrons. The Morgan fingerprint density at radius 2 is 2.11 bits per heavy atom. The van der Waals surface area contributed by atoms with Gasteiger partial charge in [0.1, 0.15) is 0 Å². The number of rotatable bonds is 4. The molecule has 5 heteroatoms. The normalized spacial score (nSPS) is 11.5. The van der Waals surface area contributed by atoms with Gasteiger partial charge in [0.25, 0.3) is 11.9 Å². The number of halogens is 1. The van der Waals surface area contributed by atoms with Crippen LogP contribution in [0.2, 0.25) is 5.02 Å². The molecule has 1 aromatic rings. The molecule has 0 unspecified atom stereocenters. The molecule has 1 rings (SSSR count). The zero-order chi connectivity index (χ0) is 14.3. The number of aliphatic imine (C=N–C) groups is 1. The second kappa shape index (κ2) is 7.79. The summed E-state index contributed by atoms with van der Waals surface area (Å²) in [5.41, 5.74) is 0.403. The van der Waals surface area contributed by atoms with Crippen molar-refractivity contribution in [2.75, 3.05) is 6.54 Å². The van der Waals surface area contributed by atoms with E-state index < -0.39 is 0 Å². The lowest BCUT2D eigenvalue weighted by Gasteiger charge is -2.13. The molecule has 1 N–H and O–H groups in total. The van der Waals surface area contributed by atoms with Crippen LogP contribution in [0.15, 0.2) is 29.3 Å². The van der Waals surface area contributed by atoms with E-state index in [-0.39, 0.29) is 18.0 Å². The summed E-state index contributed by atoms with van der Waals surface area (Å²) in [5, 5.41) is 3.05. The maximum absolute atomic E-state index is 12.1. The lowest BCUT2D eigenvalue weighted by atomic mass is 10.2. The summed E-state index contributed by atoms with van der Waals surface area (Å²) < 4.78 is 5.46. The average Bonchev–Trinajstić information content (AvgIpc) is 2.35. The standard InChI is InChI=1S/C14H19ClN2O2/c1-4-9-16-14(19-10(2)3)17-13(18)11-7-5-6-8-12(11)15/h5-8,10H,4,9H2,1-3H3,(H,16,17,18). The van der Waals surface area contributed by atoms with Gasteiger partial charge >= 0.3 is 0 Å². The van der Waals surface area contributed by atoms with Gasteiger partial charge in [0.15, 0.2) is 0 Å². The number of amidine groups is 1. The zero-order valence-corrected chi connectivity index (χ0v) is 12.2. The summed E-state index contributed by atoms with van der Waals surface area (Å²) in [6.07, 6.45) is 0.828. The van der Waals surface area contributed by atoms with Crippen LogP contribution >= 0.6 is 11.6 Å². The molecule has 0 aliphatic rings. The number of hydrogen-bond donors (Lipinski definition) is 1. The van der Waals surface area contributed by atoms with Crippen molar-refractivity contribution in [1.82, 2.24) is 5.32 Å². The fraction of sp³-hybridized carbons (Fsp3) is 0.429. The molecular weight excluding hydrogens is 264 g/mol. The highest BCUT2D eigenvalue weighted by molar-refractivity contribution is 6.34. The first-order chi connectivity index (χ1) is 9.04. The fourth-order valence-electron chi connectivity index (χ4n) is 1.35. The van der Waals surface area contributed by atoms with E-state index >= 15 is 0 Å². The number of hydrogen-bond acceptors (Lipinski definition) is 3. The first-order valence-electron chi connectivity index (χ1n) is 6.31. The third-order valence-electron chi connectivity index (χ3n) is 2.17. The second-order valence-electron chi connectivity index (χ2n) is 4.29. The molecule has 0 saturated carbocycles. The fourth-order valence-corrected chi connectivity index (χ4v) is 1.57. The summed E-state index contributed by atoms with van der Waals surface area (Å²) in [7, 11) is 0. The molecule has 0 aliphatic heterocycles. The van der Waals surface area contributed by atoms with Crippen molar-refractivity contribution in [1.29, 1.82) is 0 Å². The number of carbonyl (C=O) groups is 1. The summed E-state index contributed by atoms with van der Waals surface area (Å²) in [6.45, 7) is 6.36. The van der Waals surface area contributed by atoms with Crippen molar-refractivity contribution in [2.45, 2.75) is 33.3 Å². The quantitative estimate of drug-likeness (QED) is 0.681. The molecule has 1 aromatic carbocycles. The number of benzene rings is 1. The van der Waals surface area contributed by atoms with Crippen LogP contribution in [-0.2, 0) is 4.74 Å². The SMILES string of the molecule is CCCN=C(NC(=O)c1ccccc1Cl)OC(C)C. The molecule has 0 fully saturated rings. The molecule has 0 heterocycles. The van der Waals surface area contributed by atoms with E-state index in [9.17, 15) is 4.79 Å². The van der Waals surface area contributed by atoms with Crippen LogP contribution in [0.4, 0.5) is 0 Å². The monoisotopic (exact) mass is 282 g/mol. The van der Waals surface area contributed by atoms with Gasteiger partial charge in [0, 0.05) is 6.54 Å². The predicted molar refractivity (Wildman–Crippen MR) is 77.7 cm³/mol. The van der Waals surface area contributed by atoms with Gasteiger partial charge in [-0.15, -0.1) is 0 Å². The van der Waals surface area contributed by atoms with Crippen LogP contribution in [0.5, 0.6) is 0 Å². The Kier molecular flexibility index (Phi) is 6.36. The lowest BCUT2D eigenvalue weighted by molar-refractivity contribution is 0.0960.